The van der Waals surface area contributed by atoms with Crippen molar-refractivity contribution in [2.45, 2.75) is 34.1 Å². The predicted octanol–water partition coefficient (Wildman–Crippen LogP) is 4.68. The van der Waals surface area contributed by atoms with Crippen LogP contribution in [0, 0.1) is 12.8 Å². The lowest BCUT2D eigenvalue weighted by Crippen LogP contribution is -2.13. The third kappa shape index (κ3) is 6.02. The average Bonchev–Trinajstić information content (AvgIpc) is 2.96. The van der Waals surface area contributed by atoms with Crippen LogP contribution in [0.2, 0.25) is 0 Å². The van der Waals surface area contributed by atoms with Crippen LogP contribution in [0.3, 0.4) is 0 Å². The summed E-state index contributed by atoms with van der Waals surface area (Å²) < 4.78 is 5.20. The summed E-state index contributed by atoms with van der Waals surface area (Å²) in [5.41, 5.74) is 3.06. The number of hydrogen-bond donors (Lipinski definition) is 2. The number of amides is 1. The molecule has 0 radical (unpaired) electrons. The molecule has 154 valence electrons. The Morgan fingerprint density at radius 2 is 1.83 bits per heavy atom. The fraction of sp³-hybridized carbons (Fsp3) is 0.318. The van der Waals surface area contributed by atoms with Gasteiger partial charge in [-0.15, -0.1) is 11.3 Å². The first-order valence-electron chi connectivity index (χ1n) is 9.34. The van der Waals surface area contributed by atoms with Crippen LogP contribution in [-0.4, -0.2) is 29.6 Å². The third-order valence-corrected chi connectivity index (χ3v) is 5.09. The minimum atomic E-state index is -1.23. The SMILES string of the molecule is CCOC(=O)c1c(NC(=O)/C=C/C(=O)O)sc(C)c1-c1ccc(CC(C)C)cc1. The zero-order valence-electron chi connectivity index (χ0n) is 16.9. The number of carboxylic acids is 1. The molecule has 0 saturated carbocycles. The Morgan fingerprint density at radius 3 is 2.38 bits per heavy atom. The highest BCUT2D eigenvalue weighted by Gasteiger charge is 2.25. The number of anilines is 1. The van der Waals surface area contributed by atoms with Crippen LogP contribution >= 0.6 is 11.3 Å². The van der Waals surface area contributed by atoms with Gasteiger partial charge in [0.05, 0.1) is 6.61 Å². The summed E-state index contributed by atoms with van der Waals surface area (Å²) in [5.74, 6) is -1.84. The molecule has 7 heteroatoms. The molecule has 0 aliphatic rings. The second kappa shape index (κ2) is 10.0. The van der Waals surface area contributed by atoms with Crippen molar-refractivity contribution in [3.63, 3.8) is 0 Å². The number of carboxylic acid groups (broad SMARTS) is 1. The van der Waals surface area contributed by atoms with Crippen LogP contribution in [0.1, 0.15) is 41.6 Å². The Morgan fingerprint density at radius 1 is 1.17 bits per heavy atom. The minimum absolute atomic E-state index is 0.201. The van der Waals surface area contributed by atoms with Crippen LogP contribution < -0.4 is 5.32 Å². The van der Waals surface area contributed by atoms with E-state index in [1.165, 1.54) is 16.9 Å². The Balaban J connectivity index is 2.46. The zero-order chi connectivity index (χ0) is 21.6. The zero-order valence-corrected chi connectivity index (χ0v) is 17.8. The highest BCUT2D eigenvalue weighted by atomic mass is 32.1. The van der Waals surface area contributed by atoms with Gasteiger partial charge in [-0.1, -0.05) is 38.1 Å². The van der Waals surface area contributed by atoms with E-state index in [-0.39, 0.29) is 12.2 Å². The molecule has 0 spiro atoms. The number of rotatable bonds is 8. The normalized spacial score (nSPS) is 11.1. The summed E-state index contributed by atoms with van der Waals surface area (Å²) in [7, 11) is 0. The summed E-state index contributed by atoms with van der Waals surface area (Å²) in [6, 6.07) is 8.00. The second-order valence-electron chi connectivity index (χ2n) is 6.91. The quantitative estimate of drug-likeness (QED) is 0.482. The first kappa shape index (κ1) is 22.4. The van der Waals surface area contributed by atoms with E-state index in [0.717, 1.165) is 29.0 Å². The third-order valence-electron chi connectivity index (χ3n) is 4.06. The molecule has 0 bridgehead atoms. The summed E-state index contributed by atoms with van der Waals surface area (Å²) >= 11 is 1.25. The number of carbonyl (C=O) groups is 3. The number of esters is 1. The van der Waals surface area contributed by atoms with E-state index in [1.54, 1.807) is 6.92 Å². The number of hydrogen-bond acceptors (Lipinski definition) is 5. The van der Waals surface area contributed by atoms with Gasteiger partial charge in [0.25, 0.3) is 0 Å². The standard InChI is InChI=1S/C22H25NO5S/c1-5-28-22(27)20-19(16-8-6-15(7-9-16)12-13(2)3)14(4)29-21(20)23-17(24)10-11-18(25)26/h6-11,13H,5,12H2,1-4H3,(H,23,24)(H,25,26)/b11-10+. The molecule has 0 aliphatic heterocycles. The molecule has 6 nitrogen and oxygen atoms in total. The molecule has 2 N–H and O–H groups in total. The van der Waals surface area contributed by atoms with Gasteiger partial charge in [0.2, 0.25) is 5.91 Å². The molecule has 0 unspecified atom stereocenters. The largest absolute Gasteiger partial charge is 0.478 e. The maximum absolute atomic E-state index is 12.7. The van der Waals surface area contributed by atoms with Gasteiger partial charge in [0.15, 0.2) is 0 Å². The molecule has 1 heterocycles. The number of ether oxygens (including phenoxy) is 1. The van der Waals surface area contributed by atoms with Gasteiger partial charge in [-0.2, -0.15) is 0 Å². The van der Waals surface area contributed by atoms with Crippen molar-refractivity contribution in [1.82, 2.24) is 0 Å². The Labute approximate surface area is 174 Å². The van der Waals surface area contributed by atoms with Gasteiger partial charge in [-0.05, 0) is 37.3 Å². The number of aryl methyl sites for hydroxylation is 1. The van der Waals surface area contributed by atoms with Gasteiger partial charge < -0.3 is 15.2 Å². The van der Waals surface area contributed by atoms with Gasteiger partial charge >= 0.3 is 11.9 Å². The monoisotopic (exact) mass is 415 g/mol. The van der Waals surface area contributed by atoms with E-state index in [4.69, 9.17) is 9.84 Å². The molecule has 29 heavy (non-hydrogen) atoms. The highest BCUT2D eigenvalue weighted by Crippen LogP contribution is 2.40. The van der Waals surface area contributed by atoms with Gasteiger partial charge in [0, 0.05) is 22.6 Å². The summed E-state index contributed by atoms with van der Waals surface area (Å²) in [4.78, 5) is 36.2. The van der Waals surface area contributed by atoms with Crippen LogP contribution in [0.25, 0.3) is 11.1 Å². The highest BCUT2D eigenvalue weighted by molar-refractivity contribution is 7.17. The lowest BCUT2D eigenvalue weighted by Gasteiger charge is -2.10. The second-order valence-corrected chi connectivity index (χ2v) is 8.14. The molecule has 0 aliphatic carbocycles. The fourth-order valence-corrected chi connectivity index (χ4v) is 4.03. The summed E-state index contributed by atoms with van der Waals surface area (Å²) in [6.45, 7) is 8.10. The van der Waals surface area contributed by atoms with E-state index in [2.05, 4.69) is 19.2 Å². The number of nitrogens with one attached hydrogen (secondary N) is 1. The van der Waals surface area contributed by atoms with Crippen molar-refractivity contribution in [2.24, 2.45) is 5.92 Å². The lowest BCUT2D eigenvalue weighted by atomic mass is 9.97. The number of benzene rings is 1. The van der Waals surface area contributed by atoms with Crippen molar-refractivity contribution in [2.75, 3.05) is 11.9 Å². The summed E-state index contributed by atoms with van der Waals surface area (Å²) in [5, 5.41) is 11.6. The van der Waals surface area contributed by atoms with E-state index >= 15 is 0 Å². The molecule has 2 aromatic rings. The molecule has 0 atom stereocenters. The minimum Gasteiger partial charge on any atom is -0.478 e. The van der Waals surface area contributed by atoms with Crippen molar-refractivity contribution in [3.05, 3.63) is 52.4 Å². The molecule has 1 aromatic heterocycles. The number of thiophene rings is 1. The Hall–Kier alpha value is -2.93. The van der Waals surface area contributed by atoms with Crippen LogP contribution in [0.4, 0.5) is 5.00 Å². The van der Waals surface area contributed by atoms with E-state index in [1.807, 2.05) is 31.2 Å². The molecule has 1 aromatic carbocycles. The lowest BCUT2D eigenvalue weighted by molar-refractivity contribution is -0.131. The van der Waals surface area contributed by atoms with E-state index in [9.17, 15) is 14.4 Å². The smallest absolute Gasteiger partial charge is 0.341 e. The number of carbonyl (C=O) groups excluding carboxylic acids is 2. The van der Waals surface area contributed by atoms with E-state index < -0.39 is 17.8 Å². The van der Waals surface area contributed by atoms with Gasteiger partial charge in [-0.3, -0.25) is 4.79 Å². The fourth-order valence-electron chi connectivity index (χ4n) is 2.96. The van der Waals surface area contributed by atoms with Crippen molar-refractivity contribution in [3.8, 4) is 11.1 Å². The maximum Gasteiger partial charge on any atom is 0.341 e. The van der Waals surface area contributed by atoms with E-state index in [0.29, 0.717) is 16.5 Å². The van der Waals surface area contributed by atoms with Gasteiger partial charge in [-0.25, -0.2) is 9.59 Å². The Bertz CT molecular complexity index is 925. The maximum atomic E-state index is 12.7. The molecule has 2 rings (SSSR count). The molecular weight excluding hydrogens is 390 g/mol. The van der Waals surface area contributed by atoms with Crippen LogP contribution in [-0.2, 0) is 20.7 Å². The first-order valence-corrected chi connectivity index (χ1v) is 10.2. The molecule has 1 amide bonds. The predicted molar refractivity (Wildman–Crippen MR) is 114 cm³/mol. The summed E-state index contributed by atoms with van der Waals surface area (Å²) in [6.07, 6.45) is 2.62. The van der Waals surface area contributed by atoms with Crippen LogP contribution in [0.5, 0.6) is 0 Å². The Kier molecular flexibility index (Phi) is 7.73. The topological polar surface area (TPSA) is 92.7 Å². The van der Waals surface area contributed by atoms with Gasteiger partial charge in [0.1, 0.15) is 10.6 Å². The first-order chi connectivity index (χ1) is 13.7. The molecule has 0 saturated heterocycles. The van der Waals surface area contributed by atoms with Crippen LogP contribution in [0.15, 0.2) is 36.4 Å². The molecule has 0 fully saturated rings. The average molecular weight is 416 g/mol. The van der Waals surface area contributed by atoms with Crippen molar-refractivity contribution >= 4 is 34.2 Å². The van der Waals surface area contributed by atoms with Crippen molar-refractivity contribution < 1.29 is 24.2 Å². The molecular formula is C22H25NO5S. The van der Waals surface area contributed by atoms with Crippen molar-refractivity contribution in [1.29, 1.82) is 0 Å². The number of aliphatic carboxylic acids is 1.